The van der Waals surface area contributed by atoms with E-state index in [1.807, 2.05) is 38.1 Å². The monoisotopic (exact) mass is 361 g/mol. The summed E-state index contributed by atoms with van der Waals surface area (Å²) in [4.78, 5) is 26.8. The molecule has 142 valence electrons. The van der Waals surface area contributed by atoms with Gasteiger partial charge in [0.15, 0.2) is 11.5 Å². The van der Waals surface area contributed by atoms with E-state index < -0.39 is 17.7 Å². The molecule has 1 amide bonds. The van der Waals surface area contributed by atoms with Gasteiger partial charge in [0.25, 0.3) is 5.91 Å². The van der Waals surface area contributed by atoms with Gasteiger partial charge in [0.2, 0.25) is 0 Å². The maximum atomic E-state index is 12.7. The molecule has 0 fully saturated rings. The quantitative estimate of drug-likeness (QED) is 0.770. The van der Waals surface area contributed by atoms with Gasteiger partial charge < -0.3 is 19.5 Å². The lowest BCUT2D eigenvalue weighted by atomic mass is 9.91. The highest BCUT2D eigenvalue weighted by Crippen LogP contribution is 2.39. The van der Waals surface area contributed by atoms with E-state index >= 15 is 0 Å². The molecular formula is C20H27NO5. The van der Waals surface area contributed by atoms with Gasteiger partial charge in [-0.05, 0) is 31.5 Å². The standard InChI is InChI=1S/C20H27NO5/c1-12(2)18(22)16-17(21(9-10-25-5)20(24)19(16)23)14-7-6-8-15(11-14)26-13(3)4/h6-8,11-13,17,23H,9-10H2,1-5H3. The second-order valence-electron chi connectivity index (χ2n) is 6.91. The maximum absolute atomic E-state index is 12.7. The fourth-order valence-electron chi connectivity index (χ4n) is 3.01. The molecule has 1 heterocycles. The zero-order chi connectivity index (χ0) is 19.4. The molecule has 1 aliphatic rings. The van der Waals surface area contributed by atoms with Crippen molar-refractivity contribution in [3.05, 3.63) is 41.2 Å². The molecule has 1 N–H and O–H groups in total. The second-order valence-corrected chi connectivity index (χ2v) is 6.91. The Morgan fingerprint density at radius 2 is 1.96 bits per heavy atom. The molecule has 0 aromatic heterocycles. The number of hydrogen-bond acceptors (Lipinski definition) is 5. The third-order valence-electron chi connectivity index (χ3n) is 4.18. The SMILES string of the molecule is COCCN1C(=O)C(O)=C(C(=O)C(C)C)C1c1cccc(OC(C)C)c1. The van der Waals surface area contributed by atoms with Gasteiger partial charge in [-0.3, -0.25) is 9.59 Å². The van der Waals surface area contributed by atoms with E-state index in [0.717, 1.165) is 5.56 Å². The van der Waals surface area contributed by atoms with Crippen LogP contribution in [0.1, 0.15) is 39.3 Å². The molecule has 1 aromatic rings. The van der Waals surface area contributed by atoms with Crippen molar-refractivity contribution in [2.45, 2.75) is 39.8 Å². The first-order chi connectivity index (χ1) is 12.3. The van der Waals surface area contributed by atoms with E-state index in [-0.39, 0.29) is 29.9 Å². The molecule has 2 rings (SSSR count). The van der Waals surface area contributed by atoms with Crippen molar-refractivity contribution in [1.29, 1.82) is 0 Å². The lowest BCUT2D eigenvalue weighted by Gasteiger charge is -2.27. The van der Waals surface area contributed by atoms with Gasteiger partial charge in [0, 0.05) is 19.6 Å². The number of Topliss-reactive ketones (excluding diaryl/α,β-unsaturated/α-hetero) is 1. The number of amides is 1. The predicted molar refractivity (Wildman–Crippen MR) is 98.0 cm³/mol. The Labute approximate surface area is 154 Å². The van der Waals surface area contributed by atoms with Crippen LogP contribution in [0.15, 0.2) is 35.6 Å². The lowest BCUT2D eigenvalue weighted by Crippen LogP contribution is -2.34. The Morgan fingerprint density at radius 3 is 2.54 bits per heavy atom. The number of ether oxygens (including phenoxy) is 2. The Morgan fingerprint density at radius 1 is 1.27 bits per heavy atom. The minimum Gasteiger partial charge on any atom is -0.503 e. The zero-order valence-electron chi connectivity index (χ0n) is 16.0. The number of rotatable bonds is 8. The summed E-state index contributed by atoms with van der Waals surface area (Å²) < 4.78 is 10.8. The Bertz CT molecular complexity index is 708. The number of benzene rings is 1. The molecule has 6 nitrogen and oxygen atoms in total. The number of carbonyl (C=O) groups excluding carboxylic acids is 2. The number of aliphatic hydroxyl groups excluding tert-OH is 1. The van der Waals surface area contributed by atoms with Gasteiger partial charge in [0.1, 0.15) is 5.75 Å². The van der Waals surface area contributed by atoms with Crippen LogP contribution in [-0.4, -0.2) is 48.1 Å². The highest BCUT2D eigenvalue weighted by Gasteiger charge is 2.43. The fraction of sp³-hybridized carbons (Fsp3) is 0.500. The third-order valence-corrected chi connectivity index (χ3v) is 4.18. The molecule has 1 aliphatic heterocycles. The van der Waals surface area contributed by atoms with Crippen LogP contribution < -0.4 is 4.74 Å². The van der Waals surface area contributed by atoms with E-state index in [2.05, 4.69) is 0 Å². The molecule has 0 bridgehead atoms. The molecule has 6 heteroatoms. The minimum absolute atomic E-state index is 0.000709. The van der Waals surface area contributed by atoms with Crippen molar-refractivity contribution < 1.29 is 24.2 Å². The number of carbonyl (C=O) groups is 2. The highest BCUT2D eigenvalue weighted by molar-refractivity contribution is 6.09. The number of ketones is 1. The van der Waals surface area contributed by atoms with Gasteiger partial charge >= 0.3 is 0 Å². The lowest BCUT2D eigenvalue weighted by molar-refractivity contribution is -0.130. The number of nitrogens with zero attached hydrogens (tertiary/aromatic N) is 1. The Balaban J connectivity index is 2.50. The average molecular weight is 361 g/mol. The number of aliphatic hydroxyl groups is 1. The van der Waals surface area contributed by atoms with Crippen molar-refractivity contribution in [1.82, 2.24) is 4.90 Å². The van der Waals surface area contributed by atoms with Crippen LogP contribution >= 0.6 is 0 Å². The molecule has 26 heavy (non-hydrogen) atoms. The molecule has 0 aliphatic carbocycles. The minimum atomic E-state index is -0.650. The van der Waals surface area contributed by atoms with Crippen molar-refractivity contribution >= 4 is 11.7 Å². The fourth-order valence-corrected chi connectivity index (χ4v) is 3.01. The van der Waals surface area contributed by atoms with Gasteiger partial charge in [-0.25, -0.2) is 0 Å². The topological polar surface area (TPSA) is 76.1 Å². The van der Waals surface area contributed by atoms with Crippen LogP contribution in [0.3, 0.4) is 0 Å². The number of hydrogen-bond donors (Lipinski definition) is 1. The summed E-state index contributed by atoms with van der Waals surface area (Å²) in [5.74, 6) is -0.943. The van der Waals surface area contributed by atoms with Gasteiger partial charge in [-0.2, -0.15) is 0 Å². The maximum Gasteiger partial charge on any atom is 0.290 e. The molecule has 0 spiro atoms. The third kappa shape index (κ3) is 4.07. The van der Waals surface area contributed by atoms with Gasteiger partial charge in [-0.15, -0.1) is 0 Å². The molecule has 1 aromatic carbocycles. The van der Waals surface area contributed by atoms with E-state index in [0.29, 0.717) is 12.4 Å². The van der Waals surface area contributed by atoms with Crippen LogP contribution in [-0.2, 0) is 14.3 Å². The molecule has 1 atom stereocenters. The van der Waals surface area contributed by atoms with Gasteiger partial charge in [-0.1, -0.05) is 26.0 Å². The van der Waals surface area contributed by atoms with E-state index in [1.165, 1.54) is 4.90 Å². The molecule has 0 saturated heterocycles. The van der Waals surface area contributed by atoms with Crippen molar-refractivity contribution in [3.8, 4) is 5.75 Å². The molecule has 0 radical (unpaired) electrons. The summed E-state index contributed by atoms with van der Waals surface area (Å²) in [6.45, 7) is 7.93. The number of methoxy groups -OCH3 is 1. The van der Waals surface area contributed by atoms with Crippen LogP contribution in [0.5, 0.6) is 5.75 Å². The summed E-state index contributed by atoms with van der Waals surface area (Å²) in [6.07, 6.45) is 0.000709. The first-order valence-electron chi connectivity index (χ1n) is 8.81. The molecule has 1 unspecified atom stereocenters. The van der Waals surface area contributed by atoms with E-state index in [4.69, 9.17) is 9.47 Å². The van der Waals surface area contributed by atoms with Crippen molar-refractivity contribution in [3.63, 3.8) is 0 Å². The van der Waals surface area contributed by atoms with Crippen LogP contribution in [0, 0.1) is 5.92 Å². The highest BCUT2D eigenvalue weighted by atomic mass is 16.5. The first-order valence-corrected chi connectivity index (χ1v) is 8.81. The smallest absolute Gasteiger partial charge is 0.290 e. The Kier molecular flexibility index (Phi) is 6.42. The first kappa shape index (κ1) is 20.0. The predicted octanol–water partition coefficient (Wildman–Crippen LogP) is 3.04. The van der Waals surface area contributed by atoms with Crippen molar-refractivity contribution in [2.24, 2.45) is 5.92 Å². The average Bonchev–Trinajstić information content (AvgIpc) is 2.83. The second kappa shape index (κ2) is 8.36. The summed E-state index contributed by atoms with van der Waals surface area (Å²) in [7, 11) is 1.54. The largest absolute Gasteiger partial charge is 0.503 e. The van der Waals surface area contributed by atoms with E-state index in [9.17, 15) is 14.7 Å². The van der Waals surface area contributed by atoms with Crippen LogP contribution in [0.2, 0.25) is 0 Å². The van der Waals surface area contributed by atoms with Gasteiger partial charge in [0.05, 0.1) is 24.3 Å². The normalized spacial score (nSPS) is 17.6. The zero-order valence-corrected chi connectivity index (χ0v) is 16.0. The summed E-state index contributed by atoms with van der Waals surface area (Å²) in [5.41, 5.74) is 0.864. The summed E-state index contributed by atoms with van der Waals surface area (Å²) >= 11 is 0. The Hall–Kier alpha value is -2.34. The molecule has 0 saturated carbocycles. The summed E-state index contributed by atoms with van der Waals surface area (Å²) in [5, 5.41) is 10.4. The van der Waals surface area contributed by atoms with Crippen LogP contribution in [0.4, 0.5) is 0 Å². The molecular weight excluding hydrogens is 334 g/mol. The van der Waals surface area contributed by atoms with E-state index in [1.54, 1.807) is 21.0 Å². The van der Waals surface area contributed by atoms with Crippen LogP contribution in [0.25, 0.3) is 0 Å². The van der Waals surface area contributed by atoms with Crippen molar-refractivity contribution in [2.75, 3.05) is 20.3 Å². The summed E-state index contributed by atoms with van der Waals surface area (Å²) in [6, 6.07) is 6.64.